The van der Waals surface area contributed by atoms with Crippen LogP contribution in [-0.2, 0) is 11.8 Å². The smallest absolute Gasteiger partial charge is 0.416 e. The van der Waals surface area contributed by atoms with Crippen LogP contribution in [0.1, 0.15) is 78.2 Å². The number of hydrogen-bond acceptors (Lipinski definition) is 5. The van der Waals surface area contributed by atoms with E-state index in [-0.39, 0.29) is 47.2 Å². The molecule has 0 spiro atoms. The van der Waals surface area contributed by atoms with Crippen LogP contribution >= 0.6 is 0 Å². The molecule has 4 aromatic rings. The zero-order valence-corrected chi connectivity index (χ0v) is 24.6. The highest BCUT2D eigenvalue weighted by atomic mass is 19.4. The van der Waals surface area contributed by atoms with Crippen molar-refractivity contribution in [2.75, 3.05) is 6.54 Å². The zero-order valence-electron chi connectivity index (χ0n) is 24.6. The van der Waals surface area contributed by atoms with Gasteiger partial charge in [0, 0.05) is 46.4 Å². The van der Waals surface area contributed by atoms with Gasteiger partial charge in [0.25, 0.3) is 5.91 Å². The number of aromatic nitrogens is 2. The number of pyridine rings is 2. The molecule has 0 saturated heterocycles. The quantitative estimate of drug-likeness (QED) is 0.193. The van der Waals surface area contributed by atoms with E-state index in [1.165, 1.54) is 32.0 Å². The summed E-state index contributed by atoms with van der Waals surface area (Å²) in [6.07, 6.45) is 1.02. The highest BCUT2D eigenvalue weighted by Crippen LogP contribution is 2.44. The minimum atomic E-state index is -4.54. The third-order valence-corrected chi connectivity index (χ3v) is 8.14. The Kier molecular flexibility index (Phi) is 7.60. The van der Waals surface area contributed by atoms with E-state index in [1.54, 1.807) is 18.3 Å². The van der Waals surface area contributed by atoms with Crippen molar-refractivity contribution in [1.29, 1.82) is 0 Å². The number of ether oxygens (including phenoxy) is 1. The normalized spacial score (nSPS) is 16.2. The van der Waals surface area contributed by atoms with Crippen LogP contribution in [0.25, 0.3) is 22.2 Å². The summed E-state index contributed by atoms with van der Waals surface area (Å²) in [4.78, 5) is 22.6. The molecule has 44 heavy (non-hydrogen) atoms. The molecule has 2 aliphatic carbocycles. The van der Waals surface area contributed by atoms with E-state index >= 15 is 4.39 Å². The van der Waals surface area contributed by atoms with Gasteiger partial charge >= 0.3 is 6.18 Å². The number of hydrogen-bond donors (Lipinski definition) is 2. The third-order valence-electron chi connectivity index (χ3n) is 8.14. The predicted octanol–water partition coefficient (Wildman–Crippen LogP) is 7.46. The van der Waals surface area contributed by atoms with Crippen molar-refractivity contribution in [1.82, 2.24) is 15.3 Å². The lowest BCUT2D eigenvalue weighted by atomic mass is 9.90. The minimum absolute atomic E-state index is 0.0198. The fraction of sp³-hybridized carbons (Fsp3) is 0.382. The molecule has 6 rings (SSSR count). The Morgan fingerprint density at radius 1 is 1.07 bits per heavy atom. The van der Waals surface area contributed by atoms with Crippen LogP contribution in [0.3, 0.4) is 0 Å². The zero-order chi connectivity index (χ0) is 31.4. The molecular weight excluding hydrogens is 574 g/mol. The summed E-state index contributed by atoms with van der Waals surface area (Å²) in [5, 5.41) is 14.6. The fourth-order valence-corrected chi connectivity index (χ4v) is 5.42. The van der Waals surface area contributed by atoms with Crippen LogP contribution in [-0.4, -0.2) is 33.6 Å². The first-order valence-electron chi connectivity index (χ1n) is 14.7. The van der Waals surface area contributed by atoms with Gasteiger partial charge in [0.2, 0.25) is 0 Å². The van der Waals surface area contributed by atoms with Crippen LogP contribution in [0.4, 0.5) is 17.6 Å². The lowest BCUT2D eigenvalue weighted by Crippen LogP contribution is -2.30. The summed E-state index contributed by atoms with van der Waals surface area (Å²) >= 11 is 0. The van der Waals surface area contributed by atoms with E-state index in [1.807, 2.05) is 13.0 Å². The van der Waals surface area contributed by atoms with Crippen LogP contribution in [0, 0.1) is 18.7 Å². The van der Waals surface area contributed by atoms with Gasteiger partial charge in [0.1, 0.15) is 17.0 Å². The molecule has 1 atom stereocenters. The van der Waals surface area contributed by atoms with Crippen LogP contribution in [0.15, 0.2) is 54.7 Å². The number of carbonyl (C=O) groups is 1. The molecule has 1 amide bonds. The number of rotatable bonds is 9. The van der Waals surface area contributed by atoms with Gasteiger partial charge in [-0.2, -0.15) is 13.2 Å². The van der Waals surface area contributed by atoms with E-state index in [2.05, 4.69) is 15.3 Å². The van der Waals surface area contributed by atoms with E-state index in [9.17, 15) is 23.1 Å². The van der Waals surface area contributed by atoms with Gasteiger partial charge in [-0.15, -0.1) is 0 Å². The molecule has 2 saturated carbocycles. The van der Waals surface area contributed by atoms with Gasteiger partial charge in [-0.1, -0.05) is 12.1 Å². The van der Waals surface area contributed by atoms with Crippen molar-refractivity contribution in [3.05, 3.63) is 88.5 Å². The molecule has 0 radical (unpaired) electrons. The maximum Gasteiger partial charge on any atom is 0.416 e. The predicted molar refractivity (Wildman–Crippen MR) is 158 cm³/mol. The molecule has 230 valence electrons. The van der Waals surface area contributed by atoms with Gasteiger partial charge in [-0.25, -0.2) is 9.37 Å². The maximum atomic E-state index is 15.7. The molecule has 2 heterocycles. The number of aliphatic hydroxyl groups is 1. The van der Waals surface area contributed by atoms with E-state index < -0.39 is 23.2 Å². The molecule has 0 aliphatic heterocycles. The Morgan fingerprint density at radius 3 is 2.39 bits per heavy atom. The minimum Gasteiger partial charge on any atom is -0.488 e. The van der Waals surface area contributed by atoms with Crippen molar-refractivity contribution in [2.24, 2.45) is 5.92 Å². The second-order valence-corrected chi connectivity index (χ2v) is 12.4. The summed E-state index contributed by atoms with van der Waals surface area (Å²) < 4.78 is 61.3. The Hall–Kier alpha value is -4.05. The first-order chi connectivity index (χ1) is 20.8. The SMILES string of the molecule is Cc1cnc2c(OC3CC3)cc(C(=O)NCC(c3cc(C(C)(C)O)c(F)c(-c4ccc(C(F)(F)F)cc4)n3)C3CC3)cc2c1. The summed E-state index contributed by atoms with van der Waals surface area (Å²) in [5.41, 5.74) is 0.0690. The van der Waals surface area contributed by atoms with Crippen molar-refractivity contribution in [3.63, 3.8) is 0 Å². The van der Waals surface area contributed by atoms with Crippen molar-refractivity contribution < 1.29 is 32.2 Å². The van der Waals surface area contributed by atoms with Crippen LogP contribution in [0.2, 0.25) is 0 Å². The monoisotopic (exact) mass is 607 g/mol. The number of nitrogens with zero attached hydrogens (tertiary/aromatic N) is 2. The molecule has 2 N–H and O–H groups in total. The first-order valence-corrected chi connectivity index (χ1v) is 14.7. The number of carbonyl (C=O) groups excluding carboxylic acids is 1. The number of amides is 1. The molecule has 2 aromatic heterocycles. The Morgan fingerprint density at radius 2 is 1.77 bits per heavy atom. The fourth-order valence-electron chi connectivity index (χ4n) is 5.42. The van der Waals surface area contributed by atoms with E-state index in [4.69, 9.17) is 4.74 Å². The number of alkyl halides is 3. The molecule has 2 aromatic carbocycles. The maximum absolute atomic E-state index is 15.7. The lowest BCUT2D eigenvalue weighted by molar-refractivity contribution is -0.137. The highest BCUT2D eigenvalue weighted by Gasteiger charge is 2.36. The average Bonchev–Trinajstić information content (AvgIpc) is 3.89. The molecule has 2 fully saturated rings. The summed E-state index contributed by atoms with van der Waals surface area (Å²) in [7, 11) is 0. The van der Waals surface area contributed by atoms with Gasteiger partial charge in [-0.3, -0.25) is 9.78 Å². The molecule has 2 aliphatic rings. The Balaban J connectivity index is 1.31. The number of halogens is 4. The first kappa shape index (κ1) is 30.0. The van der Waals surface area contributed by atoms with E-state index in [0.29, 0.717) is 22.5 Å². The number of benzene rings is 2. The van der Waals surface area contributed by atoms with Gasteiger partial charge in [0.15, 0.2) is 5.82 Å². The average molecular weight is 608 g/mol. The number of nitrogens with one attached hydrogen (secondary N) is 1. The topological polar surface area (TPSA) is 84.3 Å². The largest absolute Gasteiger partial charge is 0.488 e. The third kappa shape index (κ3) is 6.40. The van der Waals surface area contributed by atoms with Gasteiger partial charge < -0.3 is 15.2 Å². The van der Waals surface area contributed by atoms with Crippen molar-refractivity contribution in [3.8, 4) is 17.0 Å². The van der Waals surface area contributed by atoms with Crippen molar-refractivity contribution in [2.45, 2.75) is 70.3 Å². The molecule has 0 bridgehead atoms. The second-order valence-electron chi connectivity index (χ2n) is 12.4. The molecule has 6 nitrogen and oxygen atoms in total. The Labute approximate surface area is 252 Å². The summed E-state index contributed by atoms with van der Waals surface area (Å²) in [5.74, 6) is -0.693. The van der Waals surface area contributed by atoms with Crippen LogP contribution < -0.4 is 10.1 Å². The highest BCUT2D eigenvalue weighted by molar-refractivity contribution is 6.00. The standard InChI is InChI=1S/C34H33F4N3O3/c1-18-12-21-13-22(14-28(30(21)39-16-18)44-24-10-11-24)32(42)40-17-25(19-4-5-19)27-15-26(33(2,3)43)29(35)31(41-27)20-6-8-23(9-7-20)34(36,37)38/h6-9,12-16,19,24-25,43H,4-5,10-11,17H2,1-3H3,(H,40,42). The lowest BCUT2D eigenvalue weighted by Gasteiger charge is -2.24. The summed E-state index contributed by atoms with van der Waals surface area (Å²) in [6, 6.07) is 11.1. The van der Waals surface area contributed by atoms with Gasteiger partial charge in [0.05, 0.1) is 17.3 Å². The number of fused-ring (bicyclic) bond motifs is 1. The van der Waals surface area contributed by atoms with E-state index in [0.717, 1.165) is 48.8 Å². The number of aryl methyl sites for hydroxylation is 1. The molecule has 1 unspecified atom stereocenters. The summed E-state index contributed by atoms with van der Waals surface area (Å²) in [6.45, 7) is 5.01. The Bertz CT molecular complexity index is 1720. The van der Waals surface area contributed by atoms with Crippen LogP contribution in [0.5, 0.6) is 5.75 Å². The van der Waals surface area contributed by atoms with Gasteiger partial charge in [-0.05, 0) is 94.3 Å². The molecule has 10 heteroatoms. The molecular formula is C34H33F4N3O3. The second kappa shape index (κ2) is 11.1. The van der Waals surface area contributed by atoms with Crippen molar-refractivity contribution >= 4 is 16.8 Å².